The summed E-state index contributed by atoms with van der Waals surface area (Å²) < 4.78 is 5.26. The molecule has 6 heteroatoms. The van der Waals surface area contributed by atoms with E-state index in [0.717, 1.165) is 24.8 Å². The third kappa shape index (κ3) is 3.32. The van der Waals surface area contributed by atoms with Gasteiger partial charge in [0.25, 0.3) is 5.91 Å². The molecular weight excluding hydrogens is 268 g/mol. The van der Waals surface area contributed by atoms with Gasteiger partial charge in [-0.15, -0.1) is 0 Å². The van der Waals surface area contributed by atoms with E-state index in [0.29, 0.717) is 32.0 Å². The Labute approximate surface area is 125 Å². The van der Waals surface area contributed by atoms with Crippen LogP contribution in [0.15, 0.2) is 12.4 Å². The molecule has 0 radical (unpaired) electrons. The highest BCUT2D eigenvalue weighted by atomic mass is 16.5. The lowest BCUT2D eigenvalue weighted by atomic mass is 9.99. The summed E-state index contributed by atoms with van der Waals surface area (Å²) in [7, 11) is 0. The van der Waals surface area contributed by atoms with Crippen molar-refractivity contribution < 1.29 is 9.53 Å². The van der Waals surface area contributed by atoms with Crippen molar-refractivity contribution in [2.45, 2.75) is 19.8 Å². The van der Waals surface area contributed by atoms with E-state index < -0.39 is 0 Å². The van der Waals surface area contributed by atoms with E-state index in [1.165, 1.54) is 12.8 Å². The van der Waals surface area contributed by atoms with Gasteiger partial charge >= 0.3 is 0 Å². The van der Waals surface area contributed by atoms with Gasteiger partial charge in [-0.2, -0.15) is 0 Å². The molecule has 0 unspecified atom stereocenters. The molecule has 1 amide bonds. The highest BCUT2D eigenvalue weighted by Crippen LogP contribution is 2.20. The zero-order chi connectivity index (χ0) is 14.7. The molecule has 0 spiro atoms. The fraction of sp³-hybridized carbons (Fsp3) is 0.667. The molecule has 0 atom stereocenters. The Hall–Kier alpha value is -1.69. The van der Waals surface area contributed by atoms with Crippen molar-refractivity contribution in [1.29, 1.82) is 0 Å². The maximum atomic E-state index is 12.3. The van der Waals surface area contributed by atoms with Crippen LogP contribution < -0.4 is 4.90 Å². The lowest BCUT2D eigenvalue weighted by Gasteiger charge is -2.31. The molecule has 3 heterocycles. The van der Waals surface area contributed by atoms with Crippen LogP contribution >= 0.6 is 0 Å². The molecule has 2 fully saturated rings. The highest BCUT2D eigenvalue weighted by Gasteiger charge is 2.21. The minimum atomic E-state index is -0.0513. The summed E-state index contributed by atoms with van der Waals surface area (Å²) in [6, 6.07) is 0. The van der Waals surface area contributed by atoms with Gasteiger partial charge in [0.15, 0.2) is 0 Å². The molecule has 1 aromatic heterocycles. The molecule has 21 heavy (non-hydrogen) atoms. The first-order chi connectivity index (χ1) is 10.2. The summed E-state index contributed by atoms with van der Waals surface area (Å²) in [5.74, 6) is 1.61. The third-order valence-electron chi connectivity index (χ3n) is 4.26. The molecule has 0 aromatic carbocycles. The first-order valence-electron chi connectivity index (χ1n) is 7.68. The van der Waals surface area contributed by atoms with Crippen LogP contribution in [0.25, 0.3) is 0 Å². The SMILES string of the molecule is CC1CCN(c2cnc(C(=O)N3CCOCC3)cn2)CC1. The normalized spacial score (nSPS) is 20.6. The molecule has 2 aliphatic rings. The Bertz CT molecular complexity index is 477. The number of carbonyl (C=O) groups excluding carboxylic acids is 1. The first-order valence-corrected chi connectivity index (χ1v) is 7.68. The Morgan fingerprint density at radius 1 is 1.14 bits per heavy atom. The number of hydrogen-bond acceptors (Lipinski definition) is 5. The maximum absolute atomic E-state index is 12.3. The van der Waals surface area contributed by atoms with Crippen molar-refractivity contribution >= 4 is 11.7 Å². The zero-order valence-electron chi connectivity index (χ0n) is 12.5. The van der Waals surface area contributed by atoms with E-state index in [-0.39, 0.29) is 5.91 Å². The van der Waals surface area contributed by atoms with Crippen LogP contribution in [0.2, 0.25) is 0 Å². The summed E-state index contributed by atoms with van der Waals surface area (Å²) in [5.41, 5.74) is 0.422. The number of ether oxygens (including phenoxy) is 1. The molecule has 2 saturated heterocycles. The largest absolute Gasteiger partial charge is 0.378 e. The lowest BCUT2D eigenvalue weighted by Crippen LogP contribution is -2.41. The smallest absolute Gasteiger partial charge is 0.274 e. The summed E-state index contributed by atoms with van der Waals surface area (Å²) in [5, 5.41) is 0. The minimum Gasteiger partial charge on any atom is -0.378 e. The molecule has 6 nitrogen and oxygen atoms in total. The van der Waals surface area contributed by atoms with Gasteiger partial charge in [-0.25, -0.2) is 9.97 Å². The van der Waals surface area contributed by atoms with Crippen LogP contribution in [0, 0.1) is 5.92 Å². The number of aromatic nitrogens is 2. The number of hydrogen-bond donors (Lipinski definition) is 0. The quantitative estimate of drug-likeness (QED) is 0.819. The molecule has 1 aromatic rings. The van der Waals surface area contributed by atoms with Crippen LogP contribution in [-0.4, -0.2) is 60.2 Å². The third-order valence-corrected chi connectivity index (χ3v) is 4.26. The predicted molar refractivity (Wildman–Crippen MR) is 79.4 cm³/mol. The molecule has 3 rings (SSSR count). The molecule has 0 aliphatic carbocycles. The Morgan fingerprint density at radius 2 is 1.86 bits per heavy atom. The van der Waals surface area contributed by atoms with E-state index in [2.05, 4.69) is 21.8 Å². The summed E-state index contributed by atoms with van der Waals surface area (Å²) in [6.45, 7) is 6.79. The molecule has 0 saturated carbocycles. The van der Waals surface area contributed by atoms with Crippen LogP contribution in [0.5, 0.6) is 0 Å². The molecule has 114 valence electrons. The monoisotopic (exact) mass is 290 g/mol. The van der Waals surface area contributed by atoms with E-state index in [1.54, 1.807) is 17.3 Å². The second-order valence-corrected chi connectivity index (χ2v) is 5.83. The van der Waals surface area contributed by atoms with Gasteiger partial charge in [-0.1, -0.05) is 6.92 Å². The Balaban J connectivity index is 1.64. The topological polar surface area (TPSA) is 58.6 Å². The van der Waals surface area contributed by atoms with Gasteiger partial charge in [0.2, 0.25) is 0 Å². The number of rotatable bonds is 2. The Kier molecular flexibility index (Phi) is 4.34. The minimum absolute atomic E-state index is 0.0513. The lowest BCUT2D eigenvalue weighted by molar-refractivity contribution is 0.0298. The standard InChI is InChI=1S/C15H22N4O2/c1-12-2-4-18(5-3-12)14-11-16-13(10-17-14)15(20)19-6-8-21-9-7-19/h10-12H,2-9H2,1H3. The summed E-state index contributed by atoms with van der Waals surface area (Å²) >= 11 is 0. The zero-order valence-corrected chi connectivity index (χ0v) is 12.5. The fourth-order valence-electron chi connectivity index (χ4n) is 2.76. The number of morpholine rings is 1. The number of amides is 1. The average molecular weight is 290 g/mol. The van der Waals surface area contributed by atoms with Crippen molar-refractivity contribution in [2.75, 3.05) is 44.3 Å². The van der Waals surface area contributed by atoms with E-state index in [1.807, 2.05) is 0 Å². The van der Waals surface area contributed by atoms with Crippen LogP contribution in [0.4, 0.5) is 5.82 Å². The average Bonchev–Trinajstić information content (AvgIpc) is 2.56. The fourth-order valence-corrected chi connectivity index (χ4v) is 2.76. The van der Waals surface area contributed by atoms with Gasteiger partial charge in [0, 0.05) is 26.2 Å². The van der Waals surface area contributed by atoms with E-state index >= 15 is 0 Å². The van der Waals surface area contributed by atoms with E-state index in [9.17, 15) is 4.79 Å². The summed E-state index contributed by atoms with van der Waals surface area (Å²) in [4.78, 5) is 25.0. The molecule has 0 N–H and O–H groups in total. The van der Waals surface area contributed by atoms with Gasteiger partial charge in [-0.3, -0.25) is 4.79 Å². The first kappa shape index (κ1) is 14.3. The van der Waals surface area contributed by atoms with Gasteiger partial charge in [-0.05, 0) is 18.8 Å². The van der Waals surface area contributed by atoms with Crippen molar-refractivity contribution in [2.24, 2.45) is 5.92 Å². The van der Waals surface area contributed by atoms with E-state index in [4.69, 9.17) is 4.74 Å². The van der Waals surface area contributed by atoms with Crippen molar-refractivity contribution in [3.63, 3.8) is 0 Å². The predicted octanol–water partition coefficient (Wildman–Crippen LogP) is 1.19. The van der Waals surface area contributed by atoms with Crippen LogP contribution in [0.3, 0.4) is 0 Å². The van der Waals surface area contributed by atoms with Crippen molar-refractivity contribution in [1.82, 2.24) is 14.9 Å². The van der Waals surface area contributed by atoms with Gasteiger partial charge in [0.1, 0.15) is 11.5 Å². The van der Waals surface area contributed by atoms with Gasteiger partial charge < -0.3 is 14.5 Å². The second-order valence-electron chi connectivity index (χ2n) is 5.83. The van der Waals surface area contributed by atoms with Crippen LogP contribution in [0.1, 0.15) is 30.3 Å². The molecular formula is C15H22N4O2. The molecule has 2 aliphatic heterocycles. The Morgan fingerprint density at radius 3 is 2.48 bits per heavy atom. The highest BCUT2D eigenvalue weighted by molar-refractivity contribution is 5.92. The number of piperidine rings is 1. The molecule has 0 bridgehead atoms. The van der Waals surface area contributed by atoms with Crippen molar-refractivity contribution in [3.8, 4) is 0 Å². The number of anilines is 1. The summed E-state index contributed by atoms with van der Waals surface area (Å²) in [6.07, 6.45) is 5.71. The van der Waals surface area contributed by atoms with Gasteiger partial charge in [0.05, 0.1) is 25.6 Å². The van der Waals surface area contributed by atoms with Crippen LogP contribution in [-0.2, 0) is 4.74 Å². The number of nitrogens with zero attached hydrogens (tertiary/aromatic N) is 4. The second kappa shape index (κ2) is 6.39. The maximum Gasteiger partial charge on any atom is 0.274 e. The number of carbonyl (C=O) groups is 1. The van der Waals surface area contributed by atoms with Crippen molar-refractivity contribution in [3.05, 3.63) is 18.1 Å².